The van der Waals surface area contributed by atoms with Gasteiger partial charge in [-0.15, -0.1) is 0 Å². The van der Waals surface area contributed by atoms with Gasteiger partial charge in [0.05, 0.1) is 48.4 Å². The normalized spacial score (nSPS) is 20.9. The molecule has 3 aliphatic heterocycles. The van der Waals surface area contributed by atoms with Crippen LogP contribution in [0.15, 0.2) is 84.0 Å². The van der Waals surface area contributed by atoms with Crippen molar-refractivity contribution >= 4 is 44.0 Å². The van der Waals surface area contributed by atoms with Gasteiger partial charge >= 0.3 is 0 Å². The molecule has 0 bridgehead atoms. The molecular weight excluding hydrogens is 798 g/mol. The van der Waals surface area contributed by atoms with E-state index < -0.39 is 27.3 Å². The topological polar surface area (TPSA) is 164 Å². The number of carbonyl (C=O) groups is 1. The number of benzene rings is 3. The lowest BCUT2D eigenvalue weighted by Gasteiger charge is -2.56. The van der Waals surface area contributed by atoms with Crippen molar-refractivity contribution in [1.29, 1.82) is 0 Å². The second kappa shape index (κ2) is 16.9. The highest BCUT2D eigenvalue weighted by Crippen LogP contribution is 2.54. The zero-order chi connectivity index (χ0) is 42.3. The Morgan fingerprint density at radius 3 is 2.66 bits per heavy atom. The predicted molar refractivity (Wildman–Crippen MR) is 233 cm³/mol. The summed E-state index contributed by atoms with van der Waals surface area (Å²) in [4.78, 5) is 25.9. The maximum Gasteiger partial charge on any atom is 0.271 e. The molecule has 1 spiro atoms. The van der Waals surface area contributed by atoms with Gasteiger partial charge in [-0.3, -0.25) is 9.69 Å². The van der Waals surface area contributed by atoms with Crippen molar-refractivity contribution in [3.63, 3.8) is 0 Å². The number of likely N-dealkylation sites (tertiary alicyclic amines) is 1. The van der Waals surface area contributed by atoms with Gasteiger partial charge in [-0.25, -0.2) is 22.5 Å². The molecule has 3 aromatic carbocycles. The summed E-state index contributed by atoms with van der Waals surface area (Å²) >= 11 is 0. The maximum absolute atomic E-state index is 16.4. The molecule has 0 radical (unpaired) electrons. The van der Waals surface area contributed by atoms with E-state index in [1.807, 2.05) is 10.8 Å². The number of anilines is 3. The van der Waals surface area contributed by atoms with Crippen LogP contribution in [0, 0.1) is 11.2 Å². The number of aromatic nitrogens is 2. The van der Waals surface area contributed by atoms with Crippen LogP contribution in [-0.2, 0) is 19.5 Å². The number of hydrogen-bond donors (Lipinski definition) is 4. The van der Waals surface area contributed by atoms with E-state index in [1.54, 1.807) is 18.3 Å². The Labute approximate surface area is 356 Å². The highest BCUT2D eigenvalue weighted by molar-refractivity contribution is 7.90. The smallest absolute Gasteiger partial charge is 0.271 e. The minimum Gasteiger partial charge on any atom is -0.455 e. The summed E-state index contributed by atoms with van der Waals surface area (Å²) in [5.74, 6) is -1.47. The van der Waals surface area contributed by atoms with E-state index in [2.05, 4.69) is 63.2 Å². The van der Waals surface area contributed by atoms with Crippen molar-refractivity contribution in [2.45, 2.75) is 81.4 Å². The van der Waals surface area contributed by atoms with Crippen LogP contribution in [0.4, 0.5) is 21.5 Å². The van der Waals surface area contributed by atoms with Crippen molar-refractivity contribution in [3.05, 3.63) is 102 Å². The summed E-state index contributed by atoms with van der Waals surface area (Å²) in [5.41, 5.74) is 10.7. The lowest BCUT2D eigenvalue weighted by molar-refractivity contribution is -0.0818. The van der Waals surface area contributed by atoms with Gasteiger partial charge < -0.3 is 35.1 Å². The Balaban J connectivity index is 0.907. The van der Waals surface area contributed by atoms with Gasteiger partial charge in [0.15, 0.2) is 0 Å². The molecule has 1 amide bonds. The molecule has 9 rings (SSSR count). The summed E-state index contributed by atoms with van der Waals surface area (Å²) in [6.07, 6.45) is 9.69. The third-order valence-corrected chi connectivity index (χ3v) is 14.4. The third kappa shape index (κ3) is 8.53. The van der Waals surface area contributed by atoms with Crippen molar-refractivity contribution in [2.75, 3.05) is 62.0 Å². The Hall–Kier alpha value is -5.22. The Bertz CT molecular complexity index is 2510. The highest BCUT2D eigenvalue weighted by atomic mass is 32.2. The molecule has 13 nitrogen and oxygen atoms in total. The number of amides is 1. The zero-order valence-corrected chi connectivity index (χ0v) is 35.5. The molecule has 15 heteroatoms. The number of nitrogens with one attached hydrogen (secondary N) is 3. The number of nitrogen functional groups attached to an aromatic ring is 1. The van der Waals surface area contributed by atoms with E-state index in [0.717, 1.165) is 50.7 Å². The molecule has 1 aliphatic carbocycles. The van der Waals surface area contributed by atoms with Crippen LogP contribution >= 0.6 is 0 Å². The van der Waals surface area contributed by atoms with Gasteiger partial charge in [-0.1, -0.05) is 38.1 Å². The number of rotatable bonds is 12. The van der Waals surface area contributed by atoms with Gasteiger partial charge in [0, 0.05) is 55.1 Å². The number of piperidine rings is 1. The summed E-state index contributed by atoms with van der Waals surface area (Å²) in [7, 11) is -4.49. The van der Waals surface area contributed by atoms with E-state index in [4.69, 9.17) is 19.9 Å². The van der Waals surface area contributed by atoms with Gasteiger partial charge in [0.2, 0.25) is 0 Å². The lowest BCUT2D eigenvalue weighted by Crippen LogP contribution is -2.55. The summed E-state index contributed by atoms with van der Waals surface area (Å²) in [6, 6.07) is 20.5. The Kier molecular flexibility index (Phi) is 11.4. The number of aromatic amines is 1. The first kappa shape index (κ1) is 41.1. The van der Waals surface area contributed by atoms with Gasteiger partial charge in [-0.2, -0.15) is 0 Å². The van der Waals surface area contributed by atoms with Crippen molar-refractivity contribution in [1.82, 2.24) is 19.6 Å². The fraction of sp³-hybridized carbons (Fsp3) is 0.435. The first-order valence-electron chi connectivity index (χ1n) is 21.4. The number of ether oxygens (including phenoxy) is 3. The molecule has 61 heavy (non-hydrogen) atoms. The predicted octanol–water partition coefficient (Wildman–Crippen LogP) is 7.73. The van der Waals surface area contributed by atoms with Crippen LogP contribution in [-0.4, -0.2) is 87.3 Å². The molecule has 2 unspecified atom stereocenters. The number of nitrogens with two attached hydrogens (primary N) is 1. The van der Waals surface area contributed by atoms with E-state index in [1.165, 1.54) is 54.4 Å². The maximum atomic E-state index is 16.4. The van der Waals surface area contributed by atoms with E-state index >= 15 is 4.39 Å². The number of hydrogen-bond acceptors (Lipinski definition) is 11. The standard InChI is InChI=1S/C46H54FN7O6S/c1-29(2)36-6-3-4-7-37(36)41-8-5-15-54(41)32-24-46(25-32)12-16-53(17-13-46)31-21-38(47)43(42(22-31)60-33-20-30-11-14-49-44(30)51-26-33)45(55)52-61(56,57)35-9-10-40(39(48)23-35)50-27-34-28-58-18-19-59-34/h3-4,6-7,9-11,14,20-23,26,29,32,34,41,50H,5,8,12-13,15-19,24-25,27-28,48H2,1-2H3,(H,49,51)(H,52,55). The molecule has 5 heterocycles. The Morgan fingerprint density at radius 2 is 1.89 bits per heavy atom. The quantitative estimate of drug-likeness (QED) is 0.0909. The van der Waals surface area contributed by atoms with Crippen LogP contribution in [0.5, 0.6) is 11.5 Å². The summed E-state index contributed by atoms with van der Waals surface area (Å²) in [5, 5.41) is 3.90. The number of sulfonamides is 1. The second-order valence-electron chi connectivity index (χ2n) is 17.4. The van der Waals surface area contributed by atoms with Crippen LogP contribution in [0.25, 0.3) is 11.0 Å². The van der Waals surface area contributed by atoms with E-state index in [-0.39, 0.29) is 33.6 Å². The van der Waals surface area contributed by atoms with Crippen molar-refractivity contribution in [2.24, 2.45) is 5.41 Å². The van der Waals surface area contributed by atoms with Crippen LogP contribution in [0.1, 0.15) is 85.8 Å². The zero-order valence-electron chi connectivity index (χ0n) is 34.7. The third-order valence-electron chi connectivity index (χ3n) is 13.1. The molecule has 5 N–H and O–H groups in total. The average Bonchev–Trinajstić information content (AvgIpc) is 3.92. The number of pyridine rings is 1. The van der Waals surface area contributed by atoms with Gasteiger partial charge in [0.25, 0.3) is 15.9 Å². The molecule has 4 fully saturated rings. The lowest BCUT2D eigenvalue weighted by atomic mass is 9.59. The first-order chi connectivity index (χ1) is 29.4. The molecule has 3 saturated heterocycles. The van der Waals surface area contributed by atoms with E-state index in [9.17, 15) is 13.2 Å². The van der Waals surface area contributed by atoms with E-state index in [0.29, 0.717) is 61.4 Å². The largest absolute Gasteiger partial charge is 0.455 e. The Morgan fingerprint density at radius 1 is 1.07 bits per heavy atom. The molecule has 2 atom stereocenters. The van der Waals surface area contributed by atoms with Gasteiger partial charge in [-0.05, 0) is 104 Å². The number of fused-ring (bicyclic) bond motifs is 1. The number of nitrogens with zero attached hydrogens (tertiary/aromatic N) is 3. The SMILES string of the molecule is CC(C)c1ccccc1C1CCCN1C1CC2(CCN(c3cc(F)c(C(=O)NS(=O)(=O)c4ccc(NCC5COCCO5)c(N)c4)c(Oc4cnc5[nH]ccc5c4)c3)CC2)C1. The number of halogens is 1. The van der Waals surface area contributed by atoms with Gasteiger partial charge in [0.1, 0.15) is 28.5 Å². The van der Waals surface area contributed by atoms with Crippen LogP contribution in [0.2, 0.25) is 0 Å². The summed E-state index contributed by atoms with van der Waals surface area (Å²) in [6.45, 7) is 8.98. The molecule has 4 aliphatic rings. The fourth-order valence-electron chi connectivity index (χ4n) is 9.85. The highest BCUT2D eigenvalue weighted by Gasteiger charge is 2.50. The fourth-order valence-corrected chi connectivity index (χ4v) is 10.8. The average molecular weight is 852 g/mol. The molecular formula is C46H54FN7O6S. The first-order valence-corrected chi connectivity index (χ1v) is 22.9. The minimum atomic E-state index is -4.49. The number of carbonyl (C=O) groups excluding carboxylic acids is 1. The number of H-pyrrole nitrogens is 1. The van der Waals surface area contributed by atoms with Crippen LogP contribution in [0.3, 0.4) is 0 Å². The van der Waals surface area contributed by atoms with Crippen molar-refractivity contribution < 1.29 is 31.8 Å². The van der Waals surface area contributed by atoms with Crippen LogP contribution < -0.4 is 25.4 Å². The molecule has 1 saturated carbocycles. The summed E-state index contributed by atoms with van der Waals surface area (Å²) < 4.78 is 63.0. The molecule has 5 aromatic rings. The monoisotopic (exact) mass is 851 g/mol. The molecule has 322 valence electrons. The molecule has 2 aromatic heterocycles. The minimum absolute atomic E-state index is 0.127. The second-order valence-corrected chi connectivity index (χ2v) is 19.0. The van der Waals surface area contributed by atoms with Crippen molar-refractivity contribution in [3.8, 4) is 11.5 Å².